The number of hydrogen-bond acceptors (Lipinski definition) is 1. The second-order valence-corrected chi connectivity index (χ2v) is 5.39. The van der Waals surface area contributed by atoms with Crippen LogP contribution in [0.5, 0.6) is 0 Å². The first-order valence-corrected chi connectivity index (χ1v) is 6.73. The molecule has 0 aliphatic carbocycles. The minimum Gasteiger partial charge on any atom is -0.338 e. The Morgan fingerprint density at radius 2 is 1.94 bits per heavy atom. The van der Waals surface area contributed by atoms with Crippen LogP contribution in [0.1, 0.15) is 5.56 Å². The van der Waals surface area contributed by atoms with Crippen molar-refractivity contribution in [3.05, 3.63) is 51.5 Å². The highest BCUT2D eigenvalue weighted by molar-refractivity contribution is 9.10. The maximum absolute atomic E-state index is 6.29. The van der Waals surface area contributed by atoms with Crippen molar-refractivity contribution >= 4 is 38.6 Å². The van der Waals surface area contributed by atoms with E-state index in [1.807, 2.05) is 30.3 Å². The van der Waals surface area contributed by atoms with Crippen LogP contribution in [-0.2, 0) is 0 Å². The lowest BCUT2D eigenvalue weighted by molar-refractivity contribution is 1.33. The van der Waals surface area contributed by atoms with Crippen LogP contribution in [0.2, 0.25) is 5.02 Å². The number of benzene rings is 2. The monoisotopic (exact) mass is 320 g/mol. The van der Waals surface area contributed by atoms with Gasteiger partial charge in [-0.1, -0.05) is 29.8 Å². The molecule has 0 saturated heterocycles. The van der Waals surface area contributed by atoms with Gasteiger partial charge in [0.25, 0.3) is 0 Å². The van der Waals surface area contributed by atoms with Gasteiger partial charge in [0.05, 0.1) is 16.1 Å². The third-order valence-corrected chi connectivity index (χ3v) is 4.22. The average molecular weight is 322 g/mol. The Balaban J connectivity index is 2.26. The van der Waals surface area contributed by atoms with Crippen LogP contribution in [0.15, 0.2) is 40.9 Å². The van der Waals surface area contributed by atoms with E-state index in [1.54, 1.807) is 0 Å². The Bertz CT molecular complexity index is 734. The van der Waals surface area contributed by atoms with Gasteiger partial charge >= 0.3 is 0 Å². The fraction of sp³-hybridized carbons (Fsp3) is 0.0714. The van der Waals surface area contributed by atoms with Crippen molar-refractivity contribution in [1.82, 2.24) is 9.97 Å². The molecule has 1 heterocycles. The predicted octanol–water partition coefficient (Wildman–Crippen LogP) is 4.95. The number of aryl methyl sites for hydroxylation is 1. The number of halogens is 2. The van der Waals surface area contributed by atoms with Gasteiger partial charge in [-0.05, 0) is 46.6 Å². The summed E-state index contributed by atoms with van der Waals surface area (Å²) >= 11 is 9.72. The Labute approximate surface area is 118 Å². The maximum atomic E-state index is 6.29. The quantitative estimate of drug-likeness (QED) is 0.674. The fourth-order valence-corrected chi connectivity index (χ4v) is 2.57. The number of aromatic amines is 1. The Morgan fingerprint density at radius 1 is 1.17 bits per heavy atom. The zero-order chi connectivity index (χ0) is 12.7. The summed E-state index contributed by atoms with van der Waals surface area (Å²) in [5.41, 5.74) is 4.08. The zero-order valence-electron chi connectivity index (χ0n) is 9.67. The fourth-order valence-electron chi connectivity index (χ4n) is 1.99. The first kappa shape index (κ1) is 11.8. The summed E-state index contributed by atoms with van der Waals surface area (Å²) in [6, 6.07) is 11.9. The van der Waals surface area contributed by atoms with Gasteiger partial charge < -0.3 is 4.98 Å². The van der Waals surface area contributed by atoms with Gasteiger partial charge in [-0.15, -0.1) is 0 Å². The van der Waals surface area contributed by atoms with Gasteiger partial charge in [-0.25, -0.2) is 4.98 Å². The van der Waals surface area contributed by atoms with Gasteiger partial charge in [-0.2, -0.15) is 0 Å². The van der Waals surface area contributed by atoms with E-state index in [9.17, 15) is 0 Å². The molecule has 1 N–H and O–H groups in total. The van der Waals surface area contributed by atoms with Crippen molar-refractivity contribution in [3.8, 4) is 11.4 Å². The molecule has 3 rings (SSSR count). The van der Waals surface area contributed by atoms with E-state index >= 15 is 0 Å². The van der Waals surface area contributed by atoms with Crippen molar-refractivity contribution < 1.29 is 0 Å². The van der Waals surface area contributed by atoms with E-state index in [1.165, 1.54) is 0 Å². The van der Waals surface area contributed by atoms with Crippen molar-refractivity contribution in [2.24, 2.45) is 0 Å². The minimum atomic E-state index is 0.675. The van der Waals surface area contributed by atoms with E-state index in [2.05, 4.69) is 38.9 Å². The zero-order valence-corrected chi connectivity index (χ0v) is 12.0. The molecular formula is C14H10BrClN2. The molecule has 0 aliphatic rings. The van der Waals surface area contributed by atoms with Gasteiger partial charge in [-0.3, -0.25) is 0 Å². The van der Waals surface area contributed by atoms with Crippen molar-refractivity contribution in [2.75, 3.05) is 0 Å². The van der Waals surface area contributed by atoms with Gasteiger partial charge in [0.1, 0.15) is 5.82 Å². The number of imidazole rings is 1. The molecule has 18 heavy (non-hydrogen) atoms. The molecule has 4 heteroatoms. The third-order valence-electron chi connectivity index (χ3n) is 2.92. The second kappa shape index (κ2) is 4.41. The topological polar surface area (TPSA) is 28.7 Å². The first-order chi connectivity index (χ1) is 8.66. The summed E-state index contributed by atoms with van der Waals surface area (Å²) in [5, 5.41) is 0.675. The molecule has 90 valence electrons. The number of rotatable bonds is 1. The van der Waals surface area contributed by atoms with Crippen LogP contribution < -0.4 is 0 Å². The van der Waals surface area contributed by atoms with Crippen LogP contribution in [-0.4, -0.2) is 9.97 Å². The van der Waals surface area contributed by atoms with E-state index in [0.29, 0.717) is 5.02 Å². The molecule has 0 spiro atoms. The molecule has 3 aromatic rings. The minimum absolute atomic E-state index is 0.675. The largest absolute Gasteiger partial charge is 0.338 e. The Kier molecular flexibility index (Phi) is 2.88. The highest BCUT2D eigenvalue weighted by atomic mass is 79.9. The summed E-state index contributed by atoms with van der Waals surface area (Å²) in [6.07, 6.45) is 0. The van der Waals surface area contributed by atoms with E-state index < -0.39 is 0 Å². The van der Waals surface area contributed by atoms with E-state index in [4.69, 9.17) is 11.6 Å². The Hall–Kier alpha value is -1.32. The highest BCUT2D eigenvalue weighted by Crippen LogP contribution is 2.33. The number of hydrogen-bond donors (Lipinski definition) is 1. The molecule has 0 atom stereocenters. The molecule has 2 nitrogen and oxygen atoms in total. The van der Waals surface area contributed by atoms with E-state index in [-0.39, 0.29) is 0 Å². The molecule has 0 aliphatic heterocycles. The number of para-hydroxylation sites is 1. The van der Waals surface area contributed by atoms with Crippen molar-refractivity contribution in [3.63, 3.8) is 0 Å². The molecule has 0 saturated carbocycles. The molecule has 1 aromatic heterocycles. The normalized spacial score (nSPS) is 11.1. The predicted molar refractivity (Wildman–Crippen MR) is 79.0 cm³/mol. The van der Waals surface area contributed by atoms with Crippen molar-refractivity contribution in [1.29, 1.82) is 0 Å². The van der Waals surface area contributed by atoms with Crippen molar-refractivity contribution in [2.45, 2.75) is 6.92 Å². The van der Waals surface area contributed by atoms with E-state index in [0.717, 1.165) is 32.5 Å². The molecular weight excluding hydrogens is 312 g/mol. The first-order valence-electron chi connectivity index (χ1n) is 5.56. The Morgan fingerprint density at radius 3 is 2.72 bits per heavy atom. The molecule has 0 fully saturated rings. The molecule has 0 amide bonds. The number of nitrogens with one attached hydrogen (secondary N) is 1. The second-order valence-electron chi connectivity index (χ2n) is 4.16. The molecule has 2 aromatic carbocycles. The summed E-state index contributed by atoms with van der Waals surface area (Å²) in [7, 11) is 0. The summed E-state index contributed by atoms with van der Waals surface area (Å²) < 4.78 is 0.874. The number of H-pyrrole nitrogens is 1. The molecule has 0 unspecified atom stereocenters. The van der Waals surface area contributed by atoms with Crippen LogP contribution in [0.25, 0.3) is 22.4 Å². The molecule has 0 radical (unpaired) electrons. The van der Waals surface area contributed by atoms with Gasteiger partial charge in [0.2, 0.25) is 0 Å². The lowest BCUT2D eigenvalue weighted by Crippen LogP contribution is -1.82. The lowest BCUT2D eigenvalue weighted by Gasteiger charge is -2.01. The summed E-state index contributed by atoms with van der Waals surface area (Å²) in [5.74, 6) is 0.797. The highest BCUT2D eigenvalue weighted by Gasteiger charge is 2.11. The smallest absolute Gasteiger partial charge is 0.140 e. The SMILES string of the molecule is Cc1cccc2[nH]c(-c3cccc(Br)c3Cl)nc12. The van der Waals surface area contributed by atoms with Crippen LogP contribution in [0, 0.1) is 6.92 Å². The number of nitrogens with zero attached hydrogens (tertiary/aromatic N) is 1. The lowest BCUT2D eigenvalue weighted by atomic mass is 10.2. The molecule has 0 bridgehead atoms. The maximum Gasteiger partial charge on any atom is 0.140 e. The average Bonchev–Trinajstić information content (AvgIpc) is 2.78. The van der Waals surface area contributed by atoms with Crippen LogP contribution >= 0.6 is 27.5 Å². The van der Waals surface area contributed by atoms with Crippen LogP contribution in [0.4, 0.5) is 0 Å². The summed E-state index contributed by atoms with van der Waals surface area (Å²) in [6.45, 7) is 2.05. The van der Waals surface area contributed by atoms with Crippen LogP contribution in [0.3, 0.4) is 0 Å². The summed E-state index contributed by atoms with van der Waals surface area (Å²) in [4.78, 5) is 7.93. The van der Waals surface area contributed by atoms with Gasteiger partial charge in [0.15, 0.2) is 0 Å². The third kappa shape index (κ3) is 1.84. The standard InChI is InChI=1S/C14H10BrClN2/c1-8-4-2-7-11-13(8)18-14(17-11)9-5-3-6-10(15)12(9)16/h2-7H,1H3,(H,17,18). The number of aromatic nitrogens is 2. The van der Waals surface area contributed by atoms with Gasteiger partial charge in [0, 0.05) is 10.0 Å². The number of fused-ring (bicyclic) bond motifs is 1.